The van der Waals surface area contributed by atoms with Crippen LogP contribution in [0.4, 0.5) is 0 Å². The number of hydrogen-bond donors (Lipinski definition) is 0. The predicted molar refractivity (Wildman–Crippen MR) is 102 cm³/mol. The Bertz CT molecular complexity index is 686. The molecule has 0 nitrogen and oxygen atoms in total. The molecule has 0 spiro atoms. The molecule has 0 saturated carbocycles. The molecule has 0 radical (unpaired) electrons. The van der Waals surface area contributed by atoms with Gasteiger partial charge in [0.05, 0.1) is 0 Å². The molecule has 0 saturated heterocycles. The molecule has 0 aliphatic carbocycles. The van der Waals surface area contributed by atoms with E-state index in [1.54, 1.807) is 0 Å². The van der Waals surface area contributed by atoms with Gasteiger partial charge in [0.1, 0.15) is 0 Å². The van der Waals surface area contributed by atoms with Crippen molar-refractivity contribution >= 4 is 36.8 Å². The van der Waals surface area contributed by atoms with Crippen LogP contribution >= 0.6 is 0 Å². The van der Waals surface area contributed by atoms with Gasteiger partial charge in [-0.15, -0.1) is 0 Å². The van der Waals surface area contributed by atoms with Gasteiger partial charge in [-0.1, -0.05) is 0 Å². The van der Waals surface area contributed by atoms with Gasteiger partial charge in [-0.3, -0.25) is 0 Å². The summed E-state index contributed by atoms with van der Waals surface area (Å²) in [5, 5.41) is 0. The second kappa shape index (κ2) is 8.63. The molecule has 0 unspecified atom stereocenters. The summed E-state index contributed by atoms with van der Waals surface area (Å²) in [6, 6.07) is 7.93. The molecule has 22 heavy (non-hydrogen) atoms. The van der Waals surface area contributed by atoms with E-state index in [-0.39, 0.29) is 0 Å². The number of benzene rings is 1. The number of rotatable bonds is 0. The Morgan fingerprint density at radius 3 is 1.14 bits per heavy atom. The van der Waals surface area contributed by atoms with Gasteiger partial charge < -0.3 is 0 Å². The summed E-state index contributed by atoms with van der Waals surface area (Å²) in [4.78, 5) is 13.7. The second-order valence-electron chi connectivity index (χ2n) is 7.08. The fraction of sp³-hybridized carbons (Fsp3) is 0.300. The fourth-order valence-electron chi connectivity index (χ4n) is 1.28. The van der Waals surface area contributed by atoms with E-state index < -0.39 is 36.8 Å². The van der Waals surface area contributed by atoms with E-state index in [4.69, 9.17) is 0 Å². The maximum absolute atomic E-state index is 3.30. The number of hydrogen-bond acceptors (Lipinski definition) is 0. The van der Waals surface area contributed by atoms with E-state index in [0.717, 1.165) is 11.1 Å². The molecular formula is C20H22Sn2. The Labute approximate surface area is 144 Å². The monoisotopic (exact) mass is 502 g/mol. The van der Waals surface area contributed by atoms with Gasteiger partial charge in [-0.25, -0.2) is 0 Å². The molecule has 0 fully saturated rings. The van der Waals surface area contributed by atoms with E-state index >= 15 is 0 Å². The van der Waals surface area contributed by atoms with Crippen LogP contribution in [0.15, 0.2) is 24.3 Å². The van der Waals surface area contributed by atoms with Gasteiger partial charge >= 0.3 is 145 Å². The fourth-order valence-corrected chi connectivity index (χ4v) is 3.78. The molecule has 0 heterocycles. The molecule has 0 aromatic heterocycles. The summed E-state index contributed by atoms with van der Waals surface area (Å²) in [5.41, 5.74) is 1.95. The molecule has 1 aromatic carbocycles. The average molecular weight is 500 g/mol. The summed E-state index contributed by atoms with van der Waals surface area (Å²) >= 11 is -4.01. The summed E-state index contributed by atoms with van der Waals surface area (Å²) < 4.78 is 6.61. The van der Waals surface area contributed by atoms with Crippen LogP contribution in [-0.4, -0.2) is 36.8 Å². The quantitative estimate of drug-likeness (QED) is 0.372. The molecule has 0 N–H and O–H groups in total. The van der Waals surface area contributed by atoms with Crippen LogP contribution in [0.5, 0.6) is 0 Å². The van der Waals surface area contributed by atoms with Gasteiger partial charge in [0.25, 0.3) is 0 Å². The molecule has 1 rings (SSSR count). The Kier molecular flexibility index (Phi) is 7.49. The van der Waals surface area contributed by atoms with Crippen molar-refractivity contribution in [2.75, 3.05) is 0 Å². The van der Waals surface area contributed by atoms with Gasteiger partial charge in [0, 0.05) is 0 Å². The van der Waals surface area contributed by atoms with Crippen LogP contribution in [0.25, 0.3) is 0 Å². The SMILES string of the molecule is [CH3][Sn]([CH3])([CH3])[C]#CC#Cc1ccc(C#CC#[C][Sn]([CH3])([CH3])[CH3])cc1. The first-order valence-corrected chi connectivity index (χ1v) is 27.3. The molecular weight excluding hydrogens is 478 g/mol. The maximum atomic E-state index is 3.30. The summed E-state index contributed by atoms with van der Waals surface area (Å²) in [5.74, 6) is 18.0. The first-order chi connectivity index (χ1) is 10.2. The Morgan fingerprint density at radius 1 is 0.545 bits per heavy atom. The molecule has 110 valence electrons. The first-order valence-electron chi connectivity index (χ1n) is 7.32. The third-order valence-corrected chi connectivity index (χ3v) is 7.29. The van der Waals surface area contributed by atoms with Crippen molar-refractivity contribution < 1.29 is 0 Å². The zero-order valence-corrected chi connectivity index (χ0v) is 20.0. The third kappa shape index (κ3) is 9.90. The van der Waals surface area contributed by atoms with Crippen LogP contribution < -0.4 is 0 Å². The van der Waals surface area contributed by atoms with Gasteiger partial charge in [0.15, 0.2) is 0 Å². The van der Waals surface area contributed by atoms with Crippen LogP contribution in [-0.2, 0) is 0 Å². The van der Waals surface area contributed by atoms with Crippen molar-refractivity contribution in [1.82, 2.24) is 0 Å². The average Bonchev–Trinajstić information content (AvgIpc) is 2.39. The van der Waals surface area contributed by atoms with Gasteiger partial charge in [-0.05, 0) is 0 Å². The van der Waals surface area contributed by atoms with Crippen LogP contribution in [0, 0.1) is 43.4 Å². The standard InChI is InChI=1S/C14H4.6CH3.2Sn/c1-3-5-7-13-9-11-14(12-10-13)8-6-4-2;;;;;;;;/h9-12H;6*1H3;;. The van der Waals surface area contributed by atoms with Crippen LogP contribution in [0.3, 0.4) is 0 Å². The molecule has 0 aliphatic heterocycles. The molecule has 0 atom stereocenters. The predicted octanol–water partition coefficient (Wildman–Crippen LogP) is 4.15. The van der Waals surface area contributed by atoms with E-state index in [1.165, 1.54) is 0 Å². The Morgan fingerprint density at radius 2 is 0.864 bits per heavy atom. The third-order valence-electron chi connectivity index (χ3n) is 2.30. The Balaban J connectivity index is 2.76. The topological polar surface area (TPSA) is 0 Å². The van der Waals surface area contributed by atoms with Gasteiger partial charge in [-0.2, -0.15) is 0 Å². The van der Waals surface area contributed by atoms with Crippen molar-refractivity contribution in [3.63, 3.8) is 0 Å². The van der Waals surface area contributed by atoms with Crippen LogP contribution in [0.1, 0.15) is 11.1 Å². The minimum absolute atomic E-state index is 0.973. The van der Waals surface area contributed by atoms with Crippen molar-refractivity contribution in [3.05, 3.63) is 35.4 Å². The second-order valence-corrected chi connectivity index (χ2v) is 34.2. The molecule has 1 aromatic rings. The Hall–Kier alpha value is -0.943. The molecule has 0 amide bonds. The van der Waals surface area contributed by atoms with Crippen molar-refractivity contribution in [1.29, 1.82) is 0 Å². The minimum atomic E-state index is -2.00. The van der Waals surface area contributed by atoms with E-state index in [0.29, 0.717) is 0 Å². The summed E-state index contributed by atoms with van der Waals surface area (Å²) in [6.07, 6.45) is 0. The first kappa shape index (κ1) is 19.1. The van der Waals surface area contributed by atoms with Crippen molar-refractivity contribution in [2.24, 2.45) is 0 Å². The zero-order valence-electron chi connectivity index (χ0n) is 14.3. The van der Waals surface area contributed by atoms with E-state index in [1.807, 2.05) is 24.3 Å². The zero-order chi connectivity index (χ0) is 16.6. The van der Waals surface area contributed by atoms with Crippen LogP contribution in [0.2, 0.25) is 29.6 Å². The summed E-state index contributed by atoms with van der Waals surface area (Å²) in [7, 11) is 0. The molecule has 2 heteroatoms. The summed E-state index contributed by atoms with van der Waals surface area (Å²) in [6.45, 7) is 0. The van der Waals surface area contributed by atoms with Gasteiger partial charge in [0.2, 0.25) is 0 Å². The molecule has 0 bridgehead atoms. The van der Waals surface area contributed by atoms with E-state index in [9.17, 15) is 0 Å². The normalized spacial score (nSPS) is 9.73. The van der Waals surface area contributed by atoms with E-state index in [2.05, 4.69) is 73.0 Å². The van der Waals surface area contributed by atoms with Crippen molar-refractivity contribution in [3.8, 4) is 43.4 Å². The molecule has 0 aliphatic rings. The van der Waals surface area contributed by atoms with Crippen molar-refractivity contribution in [2.45, 2.75) is 29.6 Å².